The van der Waals surface area contributed by atoms with Gasteiger partial charge >= 0.3 is 0 Å². The van der Waals surface area contributed by atoms with Gasteiger partial charge in [-0.2, -0.15) is 0 Å². The highest BCUT2D eigenvalue weighted by molar-refractivity contribution is 7.92. The topological polar surface area (TPSA) is 63.6 Å². The number of ether oxygens (including phenoxy) is 1. The minimum absolute atomic E-state index is 0.400. The molecule has 0 amide bonds. The van der Waals surface area contributed by atoms with Gasteiger partial charge in [0.05, 0.1) is 23.0 Å². The molecule has 1 aromatic rings. The molecule has 0 aliphatic rings. The van der Waals surface area contributed by atoms with Crippen molar-refractivity contribution < 1.29 is 18.3 Å². The second-order valence-electron chi connectivity index (χ2n) is 4.67. The molecule has 18 heavy (non-hydrogen) atoms. The van der Waals surface area contributed by atoms with Gasteiger partial charge in [0.25, 0.3) is 0 Å². The molecule has 0 aliphatic carbocycles. The molecular weight excluding hydrogens is 276 g/mol. The Morgan fingerprint density at radius 3 is 2.39 bits per heavy atom. The fraction of sp³-hybridized carbons (Fsp3) is 0.500. The normalized spacial score (nSPS) is 14.3. The number of aliphatic hydroxyl groups excluding tert-OH is 1. The van der Waals surface area contributed by atoms with E-state index in [9.17, 15) is 13.5 Å². The van der Waals surface area contributed by atoms with E-state index in [0.717, 1.165) is 6.26 Å². The first kappa shape index (κ1) is 15.3. The summed E-state index contributed by atoms with van der Waals surface area (Å²) in [5.74, 6) is 0.400. The van der Waals surface area contributed by atoms with Gasteiger partial charge in [-0.25, -0.2) is 8.42 Å². The quantitative estimate of drug-likeness (QED) is 0.924. The predicted molar refractivity (Wildman–Crippen MR) is 71.9 cm³/mol. The molecule has 0 heterocycles. The molecule has 0 saturated carbocycles. The summed E-state index contributed by atoms with van der Waals surface area (Å²) in [6, 6.07) is 4.69. The lowest BCUT2D eigenvalue weighted by Gasteiger charge is -2.29. The highest BCUT2D eigenvalue weighted by Gasteiger charge is 2.39. The highest BCUT2D eigenvalue weighted by Crippen LogP contribution is 2.35. The molecule has 0 radical (unpaired) electrons. The summed E-state index contributed by atoms with van der Waals surface area (Å²) in [5.41, 5.74) is 0.451. The maximum atomic E-state index is 11.7. The van der Waals surface area contributed by atoms with Gasteiger partial charge in [-0.15, -0.1) is 0 Å². The number of sulfone groups is 1. The first-order valence-corrected chi connectivity index (χ1v) is 7.59. The van der Waals surface area contributed by atoms with E-state index in [1.54, 1.807) is 18.2 Å². The summed E-state index contributed by atoms with van der Waals surface area (Å²) in [7, 11) is -1.95. The monoisotopic (exact) mass is 292 g/mol. The molecule has 0 saturated heterocycles. The summed E-state index contributed by atoms with van der Waals surface area (Å²) in [4.78, 5) is 0. The molecule has 0 fully saturated rings. The third-order valence-corrected chi connectivity index (χ3v) is 5.55. The van der Waals surface area contributed by atoms with Crippen molar-refractivity contribution in [2.45, 2.75) is 24.7 Å². The van der Waals surface area contributed by atoms with Gasteiger partial charge in [0.15, 0.2) is 9.84 Å². The molecule has 1 unspecified atom stereocenters. The molecular formula is C12H17ClO4S. The van der Waals surface area contributed by atoms with Gasteiger partial charge in [0, 0.05) is 6.26 Å². The number of hydrogen-bond donors (Lipinski definition) is 1. The van der Waals surface area contributed by atoms with Crippen LogP contribution in [0.1, 0.15) is 25.5 Å². The number of benzene rings is 1. The molecule has 102 valence electrons. The van der Waals surface area contributed by atoms with E-state index < -0.39 is 20.7 Å². The Labute approximate surface area is 112 Å². The Hall–Kier alpha value is -0.780. The Bertz CT molecular complexity index is 537. The van der Waals surface area contributed by atoms with E-state index in [4.69, 9.17) is 16.3 Å². The molecule has 6 heteroatoms. The van der Waals surface area contributed by atoms with Crippen LogP contribution in [0.4, 0.5) is 0 Å². The van der Waals surface area contributed by atoms with Crippen molar-refractivity contribution in [3.8, 4) is 5.75 Å². The minimum Gasteiger partial charge on any atom is -0.495 e. The minimum atomic E-state index is -3.40. The molecule has 1 aromatic carbocycles. The highest BCUT2D eigenvalue weighted by atomic mass is 35.5. The van der Waals surface area contributed by atoms with Crippen LogP contribution in [0.5, 0.6) is 5.75 Å². The van der Waals surface area contributed by atoms with Crippen LogP contribution < -0.4 is 4.74 Å². The van der Waals surface area contributed by atoms with Gasteiger partial charge in [-0.1, -0.05) is 17.7 Å². The van der Waals surface area contributed by atoms with Crippen molar-refractivity contribution >= 4 is 21.4 Å². The zero-order valence-electron chi connectivity index (χ0n) is 10.8. The van der Waals surface area contributed by atoms with Crippen LogP contribution in [0, 0.1) is 0 Å². The Kier molecular flexibility index (Phi) is 4.30. The van der Waals surface area contributed by atoms with Gasteiger partial charge < -0.3 is 9.84 Å². The van der Waals surface area contributed by atoms with Crippen LogP contribution >= 0.6 is 11.6 Å². The average molecular weight is 293 g/mol. The second-order valence-corrected chi connectivity index (χ2v) is 7.68. The predicted octanol–water partition coefficient (Wildman–Crippen LogP) is 2.21. The fourth-order valence-electron chi connectivity index (χ4n) is 1.45. The fourth-order valence-corrected chi connectivity index (χ4v) is 2.19. The van der Waals surface area contributed by atoms with Crippen LogP contribution in [0.25, 0.3) is 0 Å². The SMILES string of the molecule is COc1cc(C(O)C(C)(C)S(C)(=O)=O)ccc1Cl. The molecule has 0 aliphatic heterocycles. The Balaban J connectivity index is 3.23. The molecule has 0 aromatic heterocycles. The van der Waals surface area contributed by atoms with E-state index in [-0.39, 0.29) is 0 Å². The lowest BCUT2D eigenvalue weighted by molar-refractivity contribution is 0.139. The smallest absolute Gasteiger partial charge is 0.155 e. The number of rotatable bonds is 4. The average Bonchev–Trinajstić information content (AvgIpc) is 2.27. The maximum Gasteiger partial charge on any atom is 0.155 e. The Morgan fingerprint density at radius 2 is 1.94 bits per heavy atom. The van der Waals surface area contributed by atoms with Crippen LogP contribution in [0.15, 0.2) is 18.2 Å². The van der Waals surface area contributed by atoms with Crippen molar-refractivity contribution in [2.24, 2.45) is 0 Å². The van der Waals surface area contributed by atoms with E-state index in [1.165, 1.54) is 21.0 Å². The largest absolute Gasteiger partial charge is 0.495 e. The van der Waals surface area contributed by atoms with E-state index in [2.05, 4.69) is 0 Å². The zero-order chi connectivity index (χ0) is 14.1. The molecule has 4 nitrogen and oxygen atoms in total. The van der Waals surface area contributed by atoms with Crippen molar-refractivity contribution in [3.63, 3.8) is 0 Å². The van der Waals surface area contributed by atoms with Crippen LogP contribution in [0.2, 0.25) is 5.02 Å². The van der Waals surface area contributed by atoms with E-state index in [1.807, 2.05) is 0 Å². The molecule has 1 rings (SSSR count). The standard InChI is InChI=1S/C12H17ClO4S/c1-12(2,18(4,15)16)11(14)8-5-6-9(13)10(7-8)17-3/h5-7,11,14H,1-4H3. The van der Waals surface area contributed by atoms with Crippen molar-refractivity contribution in [3.05, 3.63) is 28.8 Å². The van der Waals surface area contributed by atoms with E-state index >= 15 is 0 Å². The maximum absolute atomic E-state index is 11.7. The van der Waals surface area contributed by atoms with Crippen molar-refractivity contribution in [1.29, 1.82) is 0 Å². The summed E-state index contributed by atoms with van der Waals surface area (Å²) in [5, 5.41) is 10.6. The summed E-state index contributed by atoms with van der Waals surface area (Å²) >= 11 is 5.88. The first-order chi connectivity index (χ1) is 8.11. The van der Waals surface area contributed by atoms with Gasteiger partial charge in [0.1, 0.15) is 5.75 Å². The number of halogens is 1. The van der Waals surface area contributed by atoms with Gasteiger partial charge in [0.2, 0.25) is 0 Å². The first-order valence-electron chi connectivity index (χ1n) is 5.32. The molecule has 0 spiro atoms. The summed E-state index contributed by atoms with van der Waals surface area (Å²) in [6.07, 6.45) is -0.0534. The number of hydrogen-bond acceptors (Lipinski definition) is 4. The lowest BCUT2D eigenvalue weighted by Crippen LogP contribution is -2.37. The van der Waals surface area contributed by atoms with E-state index in [0.29, 0.717) is 16.3 Å². The van der Waals surface area contributed by atoms with Crippen molar-refractivity contribution in [2.75, 3.05) is 13.4 Å². The second kappa shape index (κ2) is 5.07. The molecule has 1 N–H and O–H groups in total. The molecule has 1 atom stereocenters. The summed E-state index contributed by atoms with van der Waals surface area (Å²) < 4.78 is 27.1. The zero-order valence-corrected chi connectivity index (χ0v) is 12.3. The number of aliphatic hydroxyl groups is 1. The summed E-state index contributed by atoms with van der Waals surface area (Å²) in [6.45, 7) is 2.96. The third kappa shape index (κ3) is 2.79. The third-order valence-electron chi connectivity index (χ3n) is 3.11. The lowest BCUT2D eigenvalue weighted by atomic mass is 9.98. The van der Waals surface area contributed by atoms with Crippen LogP contribution in [-0.4, -0.2) is 31.6 Å². The van der Waals surface area contributed by atoms with Gasteiger partial charge in [-0.3, -0.25) is 0 Å². The van der Waals surface area contributed by atoms with Crippen LogP contribution in [0.3, 0.4) is 0 Å². The Morgan fingerprint density at radius 1 is 1.39 bits per heavy atom. The van der Waals surface area contributed by atoms with Crippen LogP contribution in [-0.2, 0) is 9.84 Å². The van der Waals surface area contributed by atoms with Crippen molar-refractivity contribution in [1.82, 2.24) is 0 Å². The molecule has 0 bridgehead atoms. The van der Waals surface area contributed by atoms with Gasteiger partial charge in [-0.05, 0) is 31.5 Å². The number of methoxy groups -OCH3 is 1.